The minimum atomic E-state index is -0.698. The summed E-state index contributed by atoms with van der Waals surface area (Å²) in [4.78, 5) is 0. The summed E-state index contributed by atoms with van der Waals surface area (Å²) in [5.41, 5.74) is 12.0. The SMILES string of the molecule is [Cl-].c1ccc2c(c1)Cc1[c]([Sc+][c]3cccc4c3Cc3ccccc3-4)cccc1-2. The number of halogens is 1. The van der Waals surface area contributed by atoms with Gasteiger partial charge in [0.25, 0.3) is 0 Å². The molecule has 0 atom stereocenters. The zero-order valence-electron chi connectivity index (χ0n) is 15.5. The summed E-state index contributed by atoms with van der Waals surface area (Å²) in [6, 6.07) is 31.8. The third-order valence-electron chi connectivity index (χ3n) is 6.09. The van der Waals surface area contributed by atoms with Crippen LogP contribution in [0.25, 0.3) is 22.3 Å². The van der Waals surface area contributed by atoms with E-state index in [0.29, 0.717) is 0 Å². The standard InChI is InChI=1S/2C13H9.ClH.Sc/c2*1-3-7-12-10(5-1)9-11-6-2-4-8-13(11)12;;/h2*1-5,7-8H,9H2;1H;/q;;;+1/p-1. The molecule has 0 saturated carbocycles. The molecule has 28 heavy (non-hydrogen) atoms. The van der Waals surface area contributed by atoms with Crippen molar-refractivity contribution in [2.45, 2.75) is 12.8 Å². The van der Waals surface area contributed by atoms with Gasteiger partial charge in [-0.25, -0.2) is 0 Å². The zero-order chi connectivity index (χ0) is 17.8. The summed E-state index contributed by atoms with van der Waals surface area (Å²) in [5.74, 6) is 0. The van der Waals surface area contributed by atoms with Gasteiger partial charge in [0.05, 0.1) is 0 Å². The molecule has 0 nitrogen and oxygen atoms in total. The van der Waals surface area contributed by atoms with Crippen molar-refractivity contribution < 1.29 is 35.3 Å². The van der Waals surface area contributed by atoms with E-state index in [1.165, 1.54) is 33.4 Å². The van der Waals surface area contributed by atoms with Gasteiger partial charge >= 0.3 is 172 Å². The van der Waals surface area contributed by atoms with E-state index in [1.807, 2.05) is 0 Å². The molecule has 0 heterocycles. The summed E-state index contributed by atoms with van der Waals surface area (Å²) >= 11 is -0.698. The molecule has 132 valence electrons. The zero-order valence-corrected chi connectivity index (χ0v) is 18.0. The Labute approximate surface area is 183 Å². The number of hydrogen-bond donors (Lipinski definition) is 0. The average Bonchev–Trinajstić information content (AvgIpc) is 3.28. The summed E-state index contributed by atoms with van der Waals surface area (Å²) in [6.07, 6.45) is 2.21. The van der Waals surface area contributed by atoms with E-state index in [0.717, 1.165) is 12.8 Å². The average molecular weight is 411 g/mol. The third kappa shape index (κ3) is 2.76. The molecule has 0 aliphatic heterocycles. The van der Waals surface area contributed by atoms with Crippen LogP contribution in [0.2, 0.25) is 0 Å². The maximum atomic E-state index is 2.40. The van der Waals surface area contributed by atoms with Crippen LogP contribution in [0.3, 0.4) is 0 Å². The van der Waals surface area contributed by atoms with Gasteiger partial charge in [0.1, 0.15) is 0 Å². The van der Waals surface area contributed by atoms with E-state index in [1.54, 1.807) is 17.8 Å². The molecule has 0 saturated heterocycles. The van der Waals surface area contributed by atoms with Crippen LogP contribution < -0.4 is 19.0 Å². The molecule has 4 aromatic carbocycles. The van der Waals surface area contributed by atoms with Crippen LogP contribution in [-0.2, 0) is 35.7 Å². The van der Waals surface area contributed by atoms with Gasteiger partial charge in [-0.15, -0.1) is 0 Å². The molecule has 0 fully saturated rings. The monoisotopic (exact) mass is 410 g/mol. The first kappa shape index (κ1) is 18.1. The second kappa shape index (κ2) is 7.13. The molecule has 0 radical (unpaired) electrons. The number of fused-ring (bicyclic) bond motifs is 6. The molecule has 0 amide bonds. The Morgan fingerprint density at radius 3 is 1.39 bits per heavy atom. The number of rotatable bonds is 2. The molecule has 0 bridgehead atoms. The van der Waals surface area contributed by atoms with Crippen molar-refractivity contribution in [3.63, 3.8) is 0 Å². The molecule has 0 spiro atoms. The van der Waals surface area contributed by atoms with Crippen molar-refractivity contribution in [2.24, 2.45) is 0 Å². The fraction of sp³-hybridized carbons (Fsp3) is 0.0769. The summed E-state index contributed by atoms with van der Waals surface area (Å²) in [6.45, 7) is 0. The van der Waals surface area contributed by atoms with E-state index in [9.17, 15) is 0 Å². The van der Waals surface area contributed by atoms with Gasteiger partial charge in [0.2, 0.25) is 0 Å². The van der Waals surface area contributed by atoms with Gasteiger partial charge in [0.15, 0.2) is 0 Å². The maximum absolute atomic E-state index is 2.40. The van der Waals surface area contributed by atoms with Crippen molar-refractivity contribution in [2.75, 3.05) is 0 Å². The van der Waals surface area contributed by atoms with Crippen LogP contribution in [0, 0.1) is 0 Å². The topological polar surface area (TPSA) is 0 Å². The van der Waals surface area contributed by atoms with Gasteiger partial charge in [-0.1, -0.05) is 0 Å². The Balaban J connectivity index is 0.00000171. The van der Waals surface area contributed by atoms with Crippen LogP contribution in [0.15, 0.2) is 84.9 Å². The second-order valence-corrected chi connectivity index (χ2v) is 9.95. The Kier molecular flexibility index (Phi) is 4.61. The third-order valence-corrected chi connectivity index (χ3v) is 8.75. The van der Waals surface area contributed by atoms with Crippen molar-refractivity contribution in [1.29, 1.82) is 0 Å². The van der Waals surface area contributed by atoms with Crippen LogP contribution in [-0.4, -0.2) is 0 Å². The van der Waals surface area contributed by atoms with Crippen LogP contribution in [0.1, 0.15) is 22.3 Å². The van der Waals surface area contributed by atoms with Crippen LogP contribution >= 0.6 is 0 Å². The quantitative estimate of drug-likeness (QED) is 0.409. The van der Waals surface area contributed by atoms with Crippen molar-refractivity contribution in [3.05, 3.63) is 107 Å². The van der Waals surface area contributed by atoms with Crippen molar-refractivity contribution >= 4 is 6.64 Å². The Morgan fingerprint density at radius 1 is 0.464 bits per heavy atom. The van der Waals surface area contributed by atoms with E-state index < -0.39 is 22.9 Å². The molecule has 2 heteroatoms. The Morgan fingerprint density at radius 2 is 0.893 bits per heavy atom. The first-order valence-electron chi connectivity index (χ1n) is 9.63. The first-order valence-corrected chi connectivity index (χ1v) is 11.4. The Hall–Kier alpha value is -1.96. The fourth-order valence-electron chi connectivity index (χ4n) is 4.80. The summed E-state index contributed by atoms with van der Waals surface area (Å²) in [7, 11) is 0. The molecule has 0 N–H and O–H groups in total. The molecule has 0 unspecified atom stereocenters. The van der Waals surface area contributed by atoms with E-state index in [-0.39, 0.29) is 12.4 Å². The molecule has 4 aromatic rings. The molecule has 2 aliphatic carbocycles. The minimum absolute atomic E-state index is 0. The van der Waals surface area contributed by atoms with Gasteiger partial charge < -0.3 is 12.4 Å². The second-order valence-electron chi connectivity index (χ2n) is 7.56. The van der Waals surface area contributed by atoms with Gasteiger partial charge in [0, 0.05) is 0 Å². The van der Waals surface area contributed by atoms with Crippen molar-refractivity contribution in [3.8, 4) is 22.3 Å². The summed E-state index contributed by atoms with van der Waals surface area (Å²) < 4.78 is 3.27. The van der Waals surface area contributed by atoms with Crippen molar-refractivity contribution in [1.82, 2.24) is 0 Å². The molecule has 6 rings (SSSR count). The predicted molar refractivity (Wildman–Crippen MR) is 109 cm³/mol. The predicted octanol–water partition coefficient (Wildman–Crippen LogP) is 1.87. The first-order chi connectivity index (χ1) is 13.4. The molecule has 0 aromatic heterocycles. The molecular formula is C26H18ClSc. The van der Waals surface area contributed by atoms with Gasteiger partial charge in [-0.3, -0.25) is 0 Å². The summed E-state index contributed by atoms with van der Waals surface area (Å²) in [5, 5.41) is 0. The van der Waals surface area contributed by atoms with Crippen LogP contribution in [0.4, 0.5) is 0 Å². The normalized spacial score (nSPS) is 12.3. The molecule has 2 aliphatic rings. The van der Waals surface area contributed by atoms with Crippen LogP contribution in [0.5, 0.6) is 0 Å². The van der Waals surface area contributed by atoms with Gasteiger partial charge in [-0.05, 0) is 0 Å². The van der Waals surface area contributed by atoms with E-state index >= 15 is 0 Å². The number of hydrogen-bond acceptors (Lipinski definition) is 0. The Bertz CT molecular complexity index is 1110. The molecular weight excluding hydrogens is 393 g/mol. The number of benzene rings is 4. The van der Waals surface area contributed by atoms with Gasteiger partial charge in [-0.2, -0.15) is 0 Å². The fourth-order valence-corrected chi connectivity index (χ4v) is 7.32. The van der Waals surface area contributed by atoms with E-state index in [2.05, 4.69) is 84.9 Å². The van der Waals surface area contributed by atoms with E-state index in [4.69, 9.17) is 0 Å².